The van der Waals surface area contributed by atoms with Gasteiger partial charge in [0, 0.05) is 5.56 Å². The minimum absolute atomic E-state index is 0.0218. The number of nitrogens with zero attached hydrogens (tertiary/aromatic N) is 2. The van der Waals surface area contributed by atoms with Crippen molar-refractivity contribution in [1.29, 1.82) is 0 Å². The molecule has 3 rings (SSSR count). The Hall–Kier alpha value is -4.25. The molecule has 1 N–H and O–H groups in total. The van der Waals surface area contributed by atoms with E-state index in [4.69, 9.17) is 18.9 Å². The predicted octanol–water partition coefficient (Wildman–Crippen LogP) is 3.46. The number of ether oxygens (including phenoxy) is 4. The summed E-state index contributed by atoms with van der Waals surface area (Å²) in [4.78, 5) is 12.8. The number of anilines is 1. The largest absolute Gasteiger partial charge is 0.494 e. The van der Waals surface area contributed by atoms with Crippen LogP contribution in [0.2, 0.25) is 0 Å². The first kappa shape index (κ1) is 27.3. The van der Waals surface area contributed by atoms with Crippen molar-refractivity contribution in [3.8, 4) is 23.0 Å². The maximum absolute atomic E-state index is 13.5. The van der Waals surface area contributed by atoms with Crippen molar-refractivity contribution in [2.45, 2.75) is 11.8 Å². The average Bonchev–Trinajstić information content (AvgIpc) is 2.92. The van der Waals surface area contributed by atoms with Gasteiger partial charge in [0.05, 0.1) is 44.7 Å². The minimum Gasteiger partial charge on any atom is -0.494 e. The summed E-state index contributed by atoms with van der Waals surface area (Å²) in [6.07, 6.45) is 1.39. The molecule has 10 nitrogen and oxygen atoms in total. The van der Waals surface area contributed by atoms with Crippen molar-refractivity contribution in [2.24, 2.45) is 5.10 Å². The van der Waals surface area contributed by atoms with Crippen LogP contribution in [-0.4, -0.2) is 55.0 Å². The second-order valence-electron chi connectivity index (χ2n) is 7.50. The Morgan fingerprint density at radius 2 is 1.57 bits per heavy atom. The van der Waals surface area contributed by atoms with Gasteiger partial charge in [-0.05, 0) is 55.5 Å². The van der Waals surface area contributed by atoms with Crippen molar-refractivity contribution in [3.63, 3.8) is 0 Å². The van der Waals surface area contributed by atoms with Gasteiger partial charge in [-0.2, -0.15) is 5.10 Å². The summed E-state index contributed by atoms with van der Waals surface area (Å²) in [6.45, 7) is 1.80. The van der Waals surface area contributed by atoms with Crippen LogP contribution in [0.4, 0.5) is 5.69 Å². The van der Waals surface area contributed by atoms with Crippen LogP contribution >= 0.6 is 0 Å². The lowest BCUT2D eigenvalue weighted by molar-refractivity contribution is -0.119. The molecule has 1 amide bonds. The fourth-order valence-corrected chi connectivity index (χ4v) is 4.85. The molecule has 0 aliphatic carbocycles. The van der Waals surface area contributed by atoms with Crippen molar-refractivity contribution < 1.29 is 32.2 Å². The van der Waals surface area contributed by atoms with E-state index in [1.807, 2.05) is 6.92 Å². The highest BCUT2D eigenvalue weighted by atomic mass is 32.2. The highest BCUT2D eigenvalue weighted by Crippen LogP contribution is 2.37. The number of rotatable bonds is 12. The predicted molar refractivity (Wildman–Crippen MR) is 140 cm³/mol. The SMILES string of the molecule is CCOc1ccc(S(=O)(=O)N(CC(=O)N/N=C/c2cc(OC)c(OC)c(OC)c2)c2ccccc2)cc1. The fourth-order valence-electron chi connectivity index (χ4n) is 3.43. The Kier molecular flexibility index (Phi) is 9.33. The van der Waals surface area contributed by atoms with Gasteiger partial charge < -0.3 is 18.9 Å². The summed E-state index contributed by atoms with van der Waals surface area (Å²) in [5.41, 5.74) is 3.28. The van der Waals surface area contributed by atoms with E-state index < -0.39 is 22.5 Å². The van der Waals surface area contributed by atoms with Gasteiger partial charge in [0.25, 0.3) is 15.9 Å². The molecule has 0 aliphatic rings. The van der Waals surface area contributed by atoms with Gasteiger partial charge in [-0.1, -0.05) is 18.2 Å². The van der Waals surface area contributed by atoms with E-state index in [0.29, 0.717) is 40.9 Å². The first-order valence-electron chi connectivity index (χ1n) is 11.3. The van der Waals surface area contributed by atoms with E-state index in [1.165, 1.54) is 39.7 Å². The van der Waals surface area contributed by atoms with Crippen LogP contribution in [0.1, 0.15) is 12.5 Å². The van der Waals surface area contributed by atoms with Gasteiger partial charge in [0.15, 0.2) is 11.5 Å². The molecule has 0 fully saturated rings. The maximum Gasteiger partial charge on any atom is 0.264 e. The Morgan fingerprint density at radius 3 is 2.11 bits per heavy atom. The molecule has 0 unspecified atom stereocenters. The zero-order valence-electron chi connectivity index (χ0n) is 21.0. The molecule has 0 atom stereocenters. The lowest BCUT2D eigenvalue weighted by atomic mass is 10.2. The second-order valence-corrected chi connectivity index (χ2v) is 9.37. The van der Waals surface area contributed by atoms with Crippen LogP contribution in [0.15, 0.2) is 76.7 Å². The molecule has 0 radical (unpaired) electrons. The van der Waals surface area contributed by atoms with E-state index in [-0.39, 0.29) is 4.90 Å². The van der Waals surface area contributed by atoms with Crippen LogP contribution in [0.5, 0.6) is 23.0 Å². The zero-order valence-corrected chi connectivity index (χ0v) is 21.8. The van der Waals surface area contributed by atoms with Crippen LogP contribution in [0, 0.1) is 0 Å². The molecule has 196 valence electrons. The average molecular weight is 528 g/mol. The number of nitrogens with one attached hydrogen (secondary N) is 1. The van der Waals surface area contributed by atoms with E-state index in [9.17, 15) is 13.2 Å². The maximum atomic E-state index is 13.5. The van der Waals surface area contributed by atoms with Gasteiger partial charge in [-0.3, -0.25) is 9.10 Å². The minimum atomic E-state index is -4.07. The quantitative estimate of drug-likeness (QED) is 0.283. The van der Waals surface area contributed by atoms with Crippen LogP contribution < -0.4 is 28.7 Å². The van der Waals surface area contributed by atoms with Gasteiger partial charge in [0.2, 0.25) is 5.75 Å². The highest BCUT2D eigenvalue weighted by molar-refractivity contribution is 7.92. The number of hydrazone groups is 1. The molecule has 0 aliphatic heterocycles. The monoisotopic (exact) mass is 527 g/mol. The highest BCUT2D eigenvalue weighted by Gasteiger charge is 2.27. The van der Waals surface area contributed by atoms with Crippen molar-refractivity contribution in [2.75, 3.05) is 38.8 Å². The number of amides is 1. The number of benzene rings is 3. The normalized spacial score (nSPS) is 11.1. The Morgan fingerprint density at radius 1 is 0.946 bits per heavy atom. The lowest BCUT2D eigenvalue weighted by Crippen LogP contribution is -2.39. The summed E-state index contributed by atoms with van der Waals surface area (Å²) in [5, 5.41) is 3.97. The molecule has 3 aromatic rings. The third kappa shape index (κ3) is 6.70. The third-order valence-electron chi connectivity index (χ3n) is 5.14. The lowest BCUT2D eigenvalue weighted by Gasteiger charge is -2.23. The van der Waals surface area contributed by atoms with Gasteiger partial charge in [-0.25, -0.2) is 13.8 Å². The van der Waals surface area contributed by atoms with E-state index in [0.717, 1.165) is 4.31 Å². The number of methoxy groups -OCH3 is 3. The molecule has 0 saturated heterocycles. The summed E-state index contributed by atoms with van der Waals surface area (Å²) >= 11 is 0. The molecule has 11 heteroatoms. The summed E-state index contributed by atoms with van der Waals surface area (Å²) in [5.74, 6) is 1.18. The standard InChI is InChI=1S/C26H29N3O7S/c1-5-36-21-11-13-22(14-12-21)37(31,32)29(20-9-7-6-8-10-20)18-25(30)28-27-17-19-15-23(33-2)26(35-4)24(16-19)34-3/h6-17H,5,18H2,1-4H3,(H,28,30)/b27-17+. The number of hydrogen-bond acceptors (Lipinski definition) is 8. The fraction of sp³-hybridized carbons (Fsp3) is 0.231. The first-order chi connectivity index (χ1) is 17.8. The third-order valence-corrected chi connectivity index (χ3v) is 6.93. The van der Waals surface area contributed by atoms with Gasteiger partial charge >= 0.3 is 0 Å². The molecule has 0 heterocycles. The Balaban J connectivity index is 1.81. The number of hydrogen-bond donors (Lipinski definition) is 1. The van der Waals surface area contributed by atoms with E-state index >= 15 is 0 Å². The number of sulfonamides is 1. The van der Waals surface area contributed by atoms with Crippen molar-refractivity contribution in [1.82, 2.24) is 5.43 Å². The number of carbonyl (C=O) groups excluding carboxylic acids is 1. The van der Waals surface area contributed by atoms with Crippen molar-refractivity contribution >= 4 is 27.8 Å². The molecule has 3 aromatic carbocycles. The van der Waals surface area contributed by atoms with Crippen LogP contribution in [0.25, 0.3) is 0 Å². The Bertz CT molecular complexity index is 1300. The molecular weight excluding hydrogens is 498 g/mol. The molecule has 0 spiro atoms. The van der Waals surface area contributed by atoms with E-state index in [2.05, 4.69) is 10.5 Å². The first-order valence-corrected chi connectivity index (χ1v) is 12.7. The summed E-state index contributed by atoms with van der Waals surface area (Å²) in [6, 6.07) is 17.7. The molecule has 0 bridgehead atoms. The summed E-state index contributed by atoms with van der Waals surface area (Å²) < 4.78 is 49.3. The molecule has 0 saturated carbocycles. The van der Waals surface area contributed by atoms with E-state index in [1.54, 1.807) is 54.6 Å². The van der Waals surface area contributed by atoms with Crippen LogP contribution in [0.3, 0.4) is 0 Å². The molecular formula is C26H29N3O7S. The molecule has 37 heavy (non-hydrogen) atoms. The van der Waals surface area contributed by atoms with Crippen LogP contribution in [-0.2, 0) is 14.8 Å². The number of carbonyl (C=O) groups is 1. The summed E-state index contributed by atoms with van der Waals surface area (Å²) in [7, 11) is 0.407. The van der Waals surface area contributed by atoms with Gasteiger partial charge in [-0.15, -0.1) is 0 Å². The molecule has 0 aromatic heterocycles. The van der Waals surface area contributed by atoms with Crippen molar-refractivity contribution in [3.05, 3.63) is 72.3 Å². The van der Waals surface area contributed by atoms with Gasteiger partial charge in [0.1, 0.15) is 12.3 Å². The topological polar surface area (TPSA) is 116 Å². The zero-order chi connectivity index (χ0) is 26.8. The smallest absolute Gasteiger partial charge is 0.264 e. The number of para-hydroxylation sites is 1. The second kappa shape index (κ2) is 12.6. The Labute approximate surface area is 216 Å².